The van der Waals surface area contributed by atoms with Gasteiger partial charge in [0.05, 0.1) is 21.2 Å². The highest BCUT2D eigenvalue weighted by Crippen LogP contribution is 2.26. The molecule has 0 aliphatic rings. The molecule has 0 aromatic heterocycles. The maximum Gasteiger partial charge on any atom is 0.274 e. The van der Waals surface area contributed by atoms with E-state index in [1.165, 1.54) is 12.1 Å². The molecular formula is C14H12Cl2N2O2. The van der Waals surface area contributed by atoms with Crippen LogP contribution in [0.1, 0.15) is 11.1 Å². The van der Waals surface area contributed by atoms with Gasteiger partial charge in [0.15, 0.2) is 0 Å². The van der Waals surface area contributed by atoms with E-state index in [1.807, 2.05) is 19.1 Å². The van der Waals surface area contributed by atoms with Gasteiger partial charge < -0.3 is 5.32 Å². The van der Waals surface area contributed by atoms with E-state index in [9.17, 15) is 10.1 Å². The molecule has 2 aromatic carbocycles. The molecule has 0 fully saturated rings. The average Bonchev–Trinajstić information content (AvgIpc) is 2.39. The summed E-state index contributed by atoms with van der Waals surface area (Å²) in [5.41, 5.74) is 2.34. The van der Waals surface area contributed by atoms with Crippen molar-refractivity contribution in [1.29, 1.82) is 0 Å². The molecule has 0 atom stereocenters. The molecule has 0 bridgehead atoms. The average molecular weight is 311 g/mol. The minimum Gasteiger partial charge on any atom is -0.379 e. The number of nitrogens with zero attached hydrogens (tertiary/aromatic N) is 1. The highest BCUT2D eigenvalue weighted by Gasteiger charge is 2.14. The maximum atomic E-state index is 11.0. The van der Waals surface area contributed by atoms with Gasteiger partial charge in [-0.15, -0.1) is 0 Å². The second kappa shape index (κ2) is 6.11. The molecule has 0 radical (unpaired) electrons. The minimum atomic E-state index is -0.425. The highest BCUT2D eigenvalue weighted by molar-refractivity contribution is 6.33. The predicted octanol–water partition coefficient (Wildman–Crippen LogP) is 4.82. The molecule has 6 heteroatoms. The SMILES string of the molecule is Cc1ccc(Cl)c(NCc2cc(Cl)ccc2[N+](=O)[O-])c1. The van der Waals surface area contributed by atoms with Gasteiger partial charge in [0.2, 0.25) is 0 Å². The lowest BCUT2D eigenvalue weighted by Crippen LogP contribution is -2.03. The molecular weight excluding hydrogens is 299 g/mol. The molecule has 4 nitrogen and oxygen atoms in total. The Morgan fingerprint density at radius 2 is 1.95 bits per heavy atom. The number of anilines is 1. The summed E-state index contributed by atoms with van der Waals surface area (Å²) >= 11 is 12.0. The third-order valence-electron chi connectivity index (χ3n) is 2.83. The van der Waals surface area contributed by atoms with E-state index in [4.69, 9.17) is 23.2 Å². The Bertz CT molecular complexity index is 660. The zero-order chi connectivity index (χ0) is 14.7. The summed E-state index contributed by atoms with van der Waals surface area (Å²) in [7, 11) is 0. The van der Waals surface area contributed by atoms with E-state index in [-0.39, 0.29) is 12.2 Å². The van der Waals surface area contributed by atoms with E-state index in [0.29, 0.717) is 15.6 Å². The second-order valence-corrected chi connectivity index (χ2v) is 5.21. The smallest absolute Gasteiger partial charge is 0.274 e. The summed E-state index contributed by atoms with van der Waals surface area (Å²) in [5, 5.41) is 15.1. The Morgan fingerprint density at radius 3 is 2.65 bits per heavy atom. The van der Waals surface area contributed by atoms with Gasteiger partial charge in [-0.3, -0.25) is 10.1 Å². The quantitative estimate of drug-likeness (QED) is 0.650. The van der Waals surface area contributed by atoms with E-state index in [1.54, 1.807) is 12.1 Å². The van der Waals surface area contributed by atoms with Crippen molar-refractivity contribution >= 4 is 34.6 Å². The number of halogens is 2. The summed E-state index contributed by atoms with van der Waals surface area (Å²) < 4.78 is 0. The van der Waals surface area contributed by atoms with Gasteiger partial charge in [0.25, 0.3) is 5.69 Å². The molecule has 0 aliphatic heterocycles. The van der Waals surface area contributed by atoms with Gasteiger partial charge in [-0.2, -0.15) is 0 Å². The fourth-order valence-electron chi connectivity index (χ4n) is 1.84. The first-order valence-electron chi connectivity index (χ1n) is 5.90. The summed E-state index contributed by atoms with van der Waals surface area (Å²) in [6.45, 7) is 2.23. The molecule has 0 saturated carbocycles. The third-order valence-corrected chi connectivity index (χ3v) is 3.39. The lowest BCUT2D eigenvalue weighted by molar-refractivity contribution is -0.385. The first-order chi connectivity index (χ1) is 9.47. The van der Waals surface area contributed by atoms with Gasteiger partial charge in [0, 0.05) is 17.6 Å². The molecule has 0 aliphatic carbocycles. The van der Waals surface area contributed by atoms with E-state index in [0.717, 1.165) is 11.3 Å². The molecule has 0 amide bonds. The number of rotatable bonds is 4. The van der Waals surface area contributed by atoms with E-state index < -0.39 is 4.92 Å². The molecule has 0 spiro atoms. The van der Waals surface area contributed by atoms with E-state index in [2.05, 4.69) is 5.32 Å². The van der Waals surface area contributed by atoms with Crippen LogP contribution in [0.15, 0.2) is 36.4 Å². The monoisotopic (exact) mass is 310 g/mol. The topological polar surface area (TPSA) is 55.2 Å². The van der Waals surface area contributed by atoms with Gasteiger partial charge in [0.1, 0.15) is 0 Å². The van der Waals surface area contributed by atoms with Crippen LogP contribution in [-0.2, 0) is 6.54 Å². The number of hydrogen-bond donors (Lipinski definition) is 1. The zero-order valence-electron chi connectivity index (χ0n) is 10.7. The van der Waals surface area contributed by atoms with Crippen LogP contribution in [0.25, 0.3) is 0 Å². The molecule has 20 heavy (non-hydrogen) atoms. The normalized spacial score (nSPS) is 10.3. The van der Waals surface area contributed by atoms with Crippen molar-refractivity contribution in [3.63, 3.8) is 0 Å². The molecule has 104 valence electrons. The van der Waals surface area contributed by atoms with Crippen molar-refractivity contribution in [2.45, 2.75) is 13.5 Å². The first-order valence-corrected chi connectivity index (χ1v) is 6.66. The molecule has 0 unspecified atom stereocenters. The predicted molar refractivity (Wildman–Crippen MR) is 81.6 cm³/mol. The molecule has 2 aromatic rings. The van der Waals surface area contributed by atoms with Crippen molar-refractivity contribution in [3.8, 4) is 0 Å². The van der Waals surface area contributed by atoms with Crippen molar-refractivity contribution in [3.05, 3.63) is 67.7 Å². The third kappa shape index (κ3) is 3.40. The second-order valence-electron chi connectivity index (χ2n) is 4.37. The molecule has 0 saturated heterocycles. The standard InChI is InChI=1S/C14H12Cl2N2O2/c1-9-2-4-12(16)13(6-9)17-8-10-7-11(15)3-5-14(10)18(19)20/h2-7,17H,8H2,1H3. The number of nitrogens with one attached hydrogen (secondary N) is 1. The summed E-state index contributed by atoms with van der Waals surface area (Å²) in [6, 6.07) is 10.1. The van der Waals surface area contributed by atoms with Gasteiger partial charge in [-0.25, -0.2) is 0 Å². The Hall–Kier alpha value is -1.78. The van der Waals surface area contributed by atoms with Crippen LogP contribution in [0.3, 0.4) is 0 Å². The van der Waals surface area contributed by atoms with Gasteiger partial charge >= 0.3 is 0 Å². The fourth-order valence-corrected chi connectivity index (χ4v) is 2.22. The highest BCUT2D eigenvalue weighted by atomic mass is 35.5. The van der Waals surface area contributed by atoms with Crippen molar-refractivity contribution < 1.29 is 4.92 Å². The summed E-state index contributed by atoms with van der Waals surface area (Å²) in [5.74, 6) is 0. The summed E-state index contributed by atoms with van der Waals surface area (Å²) in [4.78, 5) is 10.5. The van der Waals surface area contributed by atoms with Crippen LogP contribution in [0.5, 0.6) is 0 Å². The number of aryl methyl sites for hydroxylation is 1. The Morgan fingerprint density at radius 1 is 1.20 bits per heavy atom. The maximum absolute atomic E-state index is 11.0. The largest absolute Gasteiger partial charge is 0.379 e. The molecule has 0 heterocycles. The Labute approximate surface area is 126 Å². The van der Waals surface area contributed by atoms with Crippen LogP contribution in [0, 0.1) is 17.0 Å². The Kier molecular flexibility index (Phi) is 4.47. The summed E-state index contributed by atoms with van der Waals surface area (Å²) in [6.07, 6.45) is 0. The molecule has 1 N–H and O–H groups in total. The van der Waals surface area contributed by atoms with Crippen LogP contribution >= 0.6 is 23.2 Å². The Balaban J connectivity index is 2.24. The van der Waals surface area contributed by atoms with E-state index >= 15 is 0 Å². The minimum absolute atomic E-state index is 0.0330. The van der Waals surface area contributed by atoms with Crippen molar-refractivity contribution in [2.75, 3.05) is 5.32 Å². The van der Waals surface area contributed by atoms with Crippen LogP contribution in [-0.4, -0.2) is 4.92 Å². The number of benzene rings is 2. The van der Waals surface area contributed by atoms with Gasteiger partial charge in [-0.1, -0.05) is 29.3 Å². The number of nitro groups is 1. The molecule has 2 rings (SSSR count). The van der Waals surface area contributed by atoms with Crippen molar-refractivity contribution in [2.24, 2.45) is 0 Å². The van der Waals surface area contributed by atoms with Crippen LogP contribution in [0.2, 0.25) is 10.0 Å². The number of hydrogen-bond acceptors (Lipinski definition) is 3. The first kappa shape index (κ1) is 14.6. The lowest BCUT2D eigenvalue weighted by Gasteiger charge is -2.10. The fraction of sp³-hybridized carbons (Fsp3) is 0.143. The zero-order valence-corrected chi connectivity index (χ0v) is 12.2. The van der Waals surface area contributed by atoms with Crippen LogP contribution < -0.4 is 5.32 Å². The van der Waals surface area contributed by atoms with Crippen molar-refractivity contribution in [1.82, 2.24) is 0 Å². The number of nitro benzene ring substituents is 1. The van der Waals surface area contributed by atoms with Gasteiger partial charge in [-0.05, 0) is 36.8 Å². The lowest BCUT2D eigenvalue weighted by atomic mass is 10.1. The van der Waals surface area contributed by atoms with Crippen LogP contribution in [0.4, 0.5) is 11.4 Å².